The van der Waals surface area contributed by atoms with Crippen LogP contribution in [0.1, 0.15) is 5.89 Å². The highest BCUT2D eigenvalue weighted by Crippen LogP contribution is 2.25. The lowest BCUT2D eigenvalue weighted by Gasteiger charge is -2.02. The summed E-state index contributed by atoms with van der Waals surface area (Å²) >= 11 is 1.57. The summed E-state index contributed by atoms with van der Waals surface area (Å²) in [7, 11) is 0. The van der Waals surface area contributed by atoms with E-state index in [1.54, 1.807) is 29.7 Å². The third kappa shape index (κ3) is 3.09. The second-order valence-electron chi connectivity index (χ2n) is 4.14. The molecule has 0 N–H and O–H groups in total. The summed E-state index contributed by atoms with van der Waals surface area (Å²) in [5.41, 5.74) is 0.0263. The molecule has 0 spiro atoms. The molecule has 106 valence electrons. The minimum Gasteiger partial charge on any atom is -0.484 e. The maximum Gasteiger partial charge on any atom is 0.269 e. The van der Waals surface area contributed by atoms with Crippen LogP contribution in [0.4, 0.5) is 5.69 Å². The van der Waals surface area contributed by atoms with E-state index in [-0.39, 0.29) is 12.3 Å². The molecule has 0 aliphatic rings. The summed E-state index contributed by atoms with van der Waals surface area (Å²) in [5.74, 6) is 1.68. The van der Waals surface area contributed by atoms with Gasteiger partial charge in [0.15, 0.2) is 12.4 Å². The smallest absolute Gasteiger partial charge is 0.269 e. The molecule has 7 heteroatoms. The zero-order valence-corrected chi connectivity index (χ0v) is 11.6. The number of thiophene rings is 1. The standard InChI is InChI=1S/C14H10N2O4S/c17-16(18)10-3-5-11(6-4-10)19-9-14-15-8-12(20-14)13-2-1-7-21-13/h1-8H,9H2. The summed E-state index contributed by atoms with van der Waals surface area (Å²) < 4.78 is 11.1. The van der Waals surface area contributed by atoms with E-state index in [4.69, 9.17) is 9.15 Å². The van der Waals surface area contributed by atoms with E-state index in [1.807, 2.05) is 17.5 Å². The Morgan fingerprint density at radius 3 is 2.76 bits per heavy atom. The second-order valence-corrected chi connectivity index (χ2v) is 5.08. The molecule has 0 bridgehead atoms. The van der Waals surface area contributed by atoms with Crippen molar-refractivity contribution < 1.29 is 14.1 Å². The van der Waals surface area contributed by atoms with Gasteiger partial charge in [-0.25, -0.2) is 4.98 Å². The number of aromatic nitrogens is 1. The molecule has 3 rings (SSSR count). The van der Waals surface area contributed by atoms with Crippen molar-refractivity contribution in [2.24, 2.45) is 0 Å². The van der Waals surface area contributed by atoms with Gasteiger partial charge < -0.3 is 9.15 Å². The van der Waals surface area contributed by atoms with Gasteiger partial charge in [0.2, 0.25) is 5.89 Å². The first-order chi connectivity index (χ1) is 10.2. The van der Waals surface area contributed by atoms with Gasteiger partial charge in [0, 0.05) is 12.1 Å². The lowest BCUT2D eigenvalue weighted by atomic mass is 10.3. The van der Waals surface area contributed by atoms with E-state index in [2.05, 4.69) is 4.98 Å². The molecule has 0 atom stereocenters. The number of ether oxygens (including phenoxy) is 1. The molecule has 0 aliphatic carbocycles. The van der Waals surface area contributed by atoms with Gasteiger partial charge in [0.05, 0.1) is 16.0 Å². The number of nitrogens with zero attached hydrogens (tertiary/aromatic N) is 2. The predicted octanol–water partition coefficient (Wildman–Crippen LogP) is 3.89. The highest BCUT2D eigenvalue weighted by molar-refractivity contribution is 7.13. The van der Waals surface area contributed by atoms with E-state index in [0.29, 0.717) is 17.4 Å². The topological polar surface area (TPSA) is 78.4 Å². The predicted molar refractivity (Wildman–Crippen MR) is 77.2 cm³/mol. The Kier molecular flexibility index (Phi) is 3.65. The number of nitro benzene ring substituents is 1. The van der Waals surface area contributed by atoms with E-state index in [9.17, 15) is 10.1 Å². The molecule has 0 aliphatic heterocycles. The summed E-state index contributed by atoms with van der Waals surface area (Å²) in [6.45, 7) is 0.170. The molecule has 0 amide bonds. The van der Waals surface area contributed by atoms with Gasteiger partial charge >= 0.3 is 0 Å². The van der Waals surface area contributed by atoms with Gasteiger partial charge in [-0.1, -0.05) is 6.07 Å². The summed E-state index contributed by atoms with van der Waals surface area (Å²) in [4.78, 5) is 15.2. The highest BCUT2D eigenvalue weighted by atomic mass is 32.1. The second kappa shape index (κ2) is 5.76. The van der Waals surface area contributed by atoms with Gasteiger partial charge in [-0.2, -0.15) is 0 Å². The van der Waals surface area contributed by atoms with Crippen molar-refractivity contribution in [3.63, 3.8) is 0 Å². The fourth-order valence-corrected chi connectivity index (χ4v) is 2.39. The summed E-state index contributed by atoms with van der Waals surface area (Å²) in [6.07, 6.45) is 1.65. The third-order valence-corrected chi connectivity index (χ3v) is 3.61. The van der Waals surface area contributed by atoms with Crippen LogP contribution >= 0.6 is 11.3 Å². The van der Waals surface area contributed by atoms with Gasteiger partial charge in [-0.15, -0.1) is 11.3 Å². The van der Waals surface area contributed by atoms with Crippen molar-refractivity contribution in [1.82, 2.24) is 4.98 Å². The molecule has 0 saturated heterocycles. The lowest BCUT2D eigenvalue weighted by Crippen LogP contribution is -1.95. The Balaban J connectivity index is 1.64. The van der Waals surface area contributed by atoms with Crippen LogP contribution in [-0.4, -0.2) is 9.91 Å². The molecular formula is C14H10N2O4S. The van der Waals surface area contributed by atoms with Crippen molar-refractivity contribution in [3.05, 3.63) is 64.0 Å². The van der Waals surface area contributed by atoms with Crippen LogP contribution < -0.4 is 4.74 Å². The zero-order valence-electron chi connectivity index (χ0n) is 10.8. The number of rotatable bonds is 5. The molecule has 2 aromatic heterocycles. The molecule has 3 aromatic rings. The van der Waals surface area contributed by atoms with E-state index >= 15 is 0 Å². The van der Waals surface area contributed by atoms with Crippen LogP contribution in [-0.2, 0) is 6.61 Å². The quantitative estimate of drug-likeness (QED) is 0.527. The monoisotopic (exact) mass is 302 g/mol. The number of non-ortho nitro benzene ring substituents is 1. The normalized spacial score (nSPS) is 10.5. The maximum absolute atomic E-state index is 10.5. The Bertz CT molecular complexity index is 735. The number of nitro groups is 1. The lowest BCUT2D eigenvalue weighted by molar-refractivity contribution is -0.384. The first-order valence-electron chi connectivity index (χ1n) is 6.08. The molecule has 6 nitrogen and oxygen atoms in total. The molecule has 1 aromatic carbocycles. The minimum atomic E-state index is -0.453. The minimum absolute atomic E-state index is 0.0263. The molecule has 21 heavy (non-hydrogen) atoms. The van der Waals surface area contributed by atoms with Gasteiger partial charge in [0.1, 0.15) is 5.75 Å². The Morgan fingerprint density at radius 1 is 1.29 bits per heavy atom. The average Bonchev–Trinajstić information content (AvgIpc) is 3.16. The maximum atomic E-state index is 10.5. The number of oxazole rings is 1. The number of hydrogen-bond donors (Lipinski definition) is 0. The van der Waals surface area contributed by atoms with Crippen LogP contribution in [0.15, 0.2) is 52.4 Å². The molecule has 2 heterocycles. The SMILES string of the molecule is O=[N+]([O-])c1ccc(OCc2ncc(-c3cccs3)o2)cc1. The highest BCUT2D eigenvalue weighted by Gasteiger charge is 2.09. The average molecular weight is 302 g/mol. The van der Waals surface area contributed by atoms with Gasteiger partial charge in [0.25, 0.3) is 5.69 Å². The Hall–Kier alpha value is -2.67. The Labute approximate surface area is 123 Å². The first-order valence-corrected chi connectivity index (χ1v) is 6.96. The van der Waals surface area contributed by atoms with Gasteiger partial charge in [-0.05, 0) is 23.6 Å². The molecular weight excluding hydrogens is 292 g/mol. The van der Waals surface area contributed by atoms with Crippen molar-refractivity contribution in [1.29, 1.82) is 0 Å². The molecule has 0 saturated carbocycles. The van der Waals surface area contributed by atoms with Crippen LogP contribution in [0.25, 0.3) is 10.6 Å². The van der Waals surface area contributed by atoms with Crippen molar-refractivity contribution in [2.75, 3.05) is 0 Å². The van der Waals surface area contributed by atoms with Crippen LogP contribution in [0, 0.1) is 10.1 Å². The number of benzene rings is 1. The Morgan fingerprint density at radius 2 is 2.10 bits per heavy atom. The van der Waals surface area contributed by atoms with Crippen molar-refractivity contribution in [2.45, 2.75) is 6.61 Å². The molecule has 0 unspecified atom stereocenters. The fraction of sp³-hybridized carbons (Fsp3) is 0.0714. The van der Waals surface area contributed by atoms with Crippen LogP contribution in [0.5, 0.6) is 5.75 Å². The van der Waals surface area contributed by atoms with Crippen molar-refractivity contribution >= 4 is 17.0 Å². The first kappa shape index (κ1) is 13.3. The third-order valence-electron chi connectivity index (χ3n) is 2.73. The van der Waals surface area contributed by atoms with Crippen LogP contribution in [0.2, 0.25) is 0 Å². The largest absolute Gasteiger partial charge is 0.484 e. The van der Waals surface area contributed by atoms with Crippen molar-refractivity contribution in [3.8, 4) is 16.4 Å². The van der Waals surface area contributed by atoms with E-state index in [0.717, 1.165) is 4.88 Å². The number of hydrogen-bond acceptors (Lipinski definition) is 6. The zero-order chi connectivity index (χ0) is 14.7. The summed E-state index contributed by atoms with van der Waals surface area (Å²) in [5, 5.41) is 12.5. The summed E-state index contributed by atoms with van der Waals surface area (Å²) in [6, 6.07) is 9.76. The molecule has 0 radical (unpaired) electrons. The fourth-order valence-electron chi connectivity index (χ4n) is 1.72. The van der Waals surface area contributed by atoms with Crippen LogP contribution in [0.3, 0.4) is 0 Å². The van der Waals surface area contributed by atoms with E-state index < -0.39 is 4.92 Å². The molecule has 0 fully saturated rings. The van der Waals surface area contributed by atoms with E-state index in [1.165, 1.54) is 12.1 Å². The van der Waals surface area contributed by atoms with Gasteiger partial charge in [-0.3, -0.25) is 10.1 Å².